The van der Waals surface area contributed by atoms with Crippen LogP contribution in [-0.4, -0.2) is 59.8 Å². The molecule has 6 nitrogen and oxygen atoms in total. The summed E-state index contributed by atoms with van der Waals surface area (Å²) in [6.07, 6.45) is 1.85. The molecule has 1 N–H and O–H groups in total. The number of nitrogens with one attached hydrogen (secondary N) is 1. The smallest absolute Gasteiger partial charge is 0.226 e. The van der Waals surface area contributed by atoms with Crippen LogP contribution in [0.2, 0.25) is 5.02 Å². The third-order valence-corrected chi connectivity index (χ3v) is 3.64. The number of halogens is 1. The van der Waals surface area contributed by atoms with E-state index >= 15 is 0 Å². The van der Waals surface area contributed by atoms with Crippen molar-refractivity contribution in [3.8, 4) is 0 Å². The molecule has 114 valence electrons. The predicted octanol–water partition coefficient (Wildman–Crippen LogP) is 1.23. The molecule has 1 aromatic rings. The lowest BCUT2D eigenvalue weighted by Gasteiger charge is -2.32. The monoisotopic (exact) mass is 310 g/mol. The van der Waals surface area contributed by atoms with E-state index in [0.29, 0.717) is 10.8 Å². The molecule has 2 rings (SSSR count). The molecule has 0 unspecified atom stereocenters. The van der Waals surface area contributed by atoms with Gasteiger partial charge in [-0.25, -0.2) is 4.98 Å². The highest BCUT2D eigenvalue weighted by Crippen LogP contribution is 2.10. The number of amides is 2. The van der Waals surface area contributed by atoms with Crippen LogP contribution in [0.25, 0.3) is 0 Å². The van der Waals surface area contributed by atoms with Crippen molar-refractivity contribution in [3.63, 3.8) is 0 Å². The minimum atomic E-state index is -0.215. The number of hydrogen-bond acceptors (Lipinski definition) is 4. The molecule has 2 amide bonds. The van der Waals surface area contributed by atoms with Crippen LogP contribution in [0.15, 0.2) is 18.3 Å². The summed E-state index contributed by atoms with van der Waals surface area (Å²) in [5.41, 5.74) is 0. The lowest BCUT2D eigenvalue weighted by molar-refractivity contribution is -0.134. The first-order valence-corrected chi connectivity index (χ1v) is 7.30. The summed E-state index contributed by atoms with van der Waals surface area (Å²) in [5.74, 6) is 0.256. The fraction of sp³-hybridized carbons (Fsp3) is 0.500. The normalized spacial score (nSPS) is 15.8. The van der Waals surface area contributed by atoms with Crippen molar-refractivity contribution in [2.45, 2.75) is 12.8 Å². The van der Waals surface area contributed by atoms with E-state index in [1.54, 1.807) is 12.1 Å². The maximum Gasteiger partial charge on any atom is 0.226 e. The molecule has 0 aliphatic carbocycles. The molecule has 0 radical (unpaired) electrons. The quantitative estimate of drug-likeness (QED) is 0.908. The number of anilines is 1. The van der Waals surface area contributed by atoms with Crippen LogP contribution in [0.1, 0.15) is 12.8 Å². The van der Waals surface area contributed by atoms with Crippen LogP contribution in [-0.2, 0) is 9.59 Å². The zero-order chi connectivity index (χ0) is 15.2. The lowest BCUT2D eigenvalue weighted by atomic mass is 10.2. The van der Waals surface area contributed by atoms with Gasteiger partial charge in [0.05, 0.1) is 5.02 Å². The first-order chi connectivity index (χ1) is 10.0. The van der Waals surface area contributed by atoms with E-state index in [-0.39, 0.29) is 24.7 Å². The fourth-order valence-corrected chi connectivity index (χ4v) is 2.20. The standard InChI is InChI=1S/C14H19ClN4O2/c1-18-6-8-19(9-7-18)14(21)5-4-13(20)17-12-3-2-11(15)10-16-12/h2-3,10H,4-9H2,1H3,(H,16,17,20). The number of carbonyl (C=O) groups is 2. The van der Waals surface area contributed by atoms with Gasteiger partial charge in [0.15, 0.2) is 0 Å². The van der Waals surface area contributed by atoms with Crippen LogP contribution in [0.3, 0.4) is 0 Å². The Balaban J connectivity index is 1.73. The first-order valence-electron chi connectivity index (χ1n) is 6.92. The molecule has 0 saturated carbocycles. The molecule has 0 spiro atoms. The Morgan fingerprint density at radius 1 is 1.24 bits per heavy atom. The van der Waals surface area contributed by atoms with Crippen molar-refractivity contribution < 1.29 is 9.59 Å². The summed E-state index contributed by atoms with van der Waals surface area (Å²) < 4.78 is 0. The SMILES string of the molecule is CN1CCN(C(=O)CCC(=O)Nc2ccc(Cl)cn2)CC1. The first kappa shape index (κ1) is 15.7. The van der Waals surface area contributed by atoms with Crippen molar-refractivity contribution in [1.82, 2.24) is 14.8 Å². The average Bonchev–Trinajstić information content (AvgIpc) is 2.48. The van der Waals surface area contributed by atoms with E-state index in [0.717, 1.165) is 26.2 Å². The number of carbonyl (C=O) groups excluding carboxylic acids is 2. The molecule has 1 aliphatic rings. The van der Waals surface area contributed by atoms with Crippen molar-refractivity contribution in [2.75, 3.05) is 38.5 Å². The van der Waals surface area contributed by atoms with Crippen LogP contribution >= 0.6 is 11.6 Å². The summed E-state index contributed by atoms with van der Waals surface area (Å²) in [7, 11) is 2.04. The highest BCUT2D eigenvalue weighted by Gasteiger charge is 2.19. The summed E-state index contributed by atoms with van der Waals surface area (Å²) >= 11 is 5.72. The molecule has 1 aromatic heterocycles. The molecule has 1 aliphatic heterocycles. The lowest BCUT2D eigenvalue weighted by Crippen LogP contribution is -2.47. The second-order valence-corrected chi connectivity index (χ2v) is 5.53. The van der Waals surface area contributed by atoms with E-state index in [1.807, 2.05) is 11.9 Å². The Labute approximate surface area is 129 Å². The van der Waals surface area contributed by atoms with Gasteiger partial charge in [-0.2, -0.15) is 0 Å². The fourth-order valence-electron chi connectivity index (χ4n) is 2.09. The van der Waals surface area contributed by atoms with Gasteiger partial charge >= 0.3 is 0 Å². The number of rotatable bonds is 4. The van der Waals surface area contributed by atoms with Gasteiger partial charge in [0.1, 0.15) is 5.82 Å². The zero-order valence-corrected chi connectivity index (χ0v) is 12.8. The van der Waals surface area contributed by atoms with Crippen molar-refractivity contribution >= 4 is 29.2 Å². The molecule has 0 aromatic carbocycles. The highest BCUT2D eigenvalue weighted by molar-refractivity contribution is 6.30. The minimum Gasteiger partial charge on any atom is -0.340 e. The zero-order valence-electron chi connectivity index (χ0n) is 12.0. The Morgan fingerprint density at radius 3 is 2.57 bits per heavy atom. The van der Waals surface area contributed by atoms with Gasteiger partial charge in [0.2, 0.25) is 11.8 Å². The van der Waals surface area contributed by atoms with Gasteiger partial charge < -0.3 is 15.1 Å². The van der Waals surface area contributed by atoms with Gasteiger partial charge in [-0.05, 0) is 19.2 Å². The van der Waals surface area contributed by atoms with E-state index in [2.05, 4.69) is 15.2 Å². The Morgan fingerprint density at radius 2 is 1.95 bits per heavy atom. The summed E-state index contributed by atoms with van der Waals surface area (Å²) in [4.78, 5) is 31.7. The maximum absolute atomic E-state index is 12.0. The van der Waals surface area contributed by atoms with E-state index in [1.165, 1.54) is 6.20 Å². The van der Waals surface area contributed by atoms with Crippen LogP contribution in [0, 0.1) is 0 Å². The van der Waals surface area contributed by atoms with Gasteiger partial charge in [0.25, 0.3) is 0 Å². The van der Waals surface area contributed by atoms with Crippen LogP contribution < -0.4 is 5.32 Å². The van der Waals surface area contributed by atoms with Gasteiger partial charge in [-0.15, -0.1) is 0 Å². The number of pyridine rings is 1. The maximum atomic E-state index is 12.0. The van der Waals surface area contributed by atoms with Crippen molar-refractivity contribution in [1.29, 1.82) is 0 Å². The second kappa shape index (κ2) is 7.38. The van der Waals surface area contributed by atoms with E-state index < -0.39 is 0 Å². The summed E-state index contributed by atoms with van der Waals surface area (Å²) in [5, 5.41) is 3.16. The second-order valence-electron chi connectivity index (χ2n) is 5.09. The minimum absolute atomic E-state index is 0.0299. The summed E-state index contributed by atoms with van der Waals surface area (Å²) in [6.45, 7) is 3.23. The van der Waals surface area contributed by atoms with Crippen molar-refractivity contribution in [3.05, 3.63) is 23.4 Å². The van der Waals surface area contributed by atoms with Crippen LogP contribution in [0.4, 0.5) is 5.82 Å². The number of nitrogens with zero attached hydrogens (tertiary/aromatic N) is 3. The molecule has 1 fully saturated rings. The summed E-state index contributed by atoms with van der Waals surface area (Å²) in [6, 6.07) is 3.28. The number of aromatic nitrogens is 1. The topological polar surface area (TPSA) is 65.5 Å². The highest BCUT2D eigenvalue weighted by atomic mass is 35.5. The third-order valence-electron chi connectivity index (χ3n) is 3.42. The molecule has 2 heterocycles. The largest absolute Gasteiger partial charge is 0.340 e. The molecular weight excluding hydrogens is 292 g/mol. The van der Waals surface area contributed by atoms with E-state index in [9.17, 15) is 9.59 Å². The van der Waals surface area contributed by atoms with Crippen LogP contribution in [0.5, 0.6) is 0 Å². The van der Waals surface area contributed by atoms with Crippen molar-refractivity contribution in [2.24, 2.45) is 0 Å². The van der Waals surface area contributed by atoms with E-state index in [4.69, 9.17) is 11.6 Å². The molecule has 0 atom stereocenters. The van der Waals surface area contributed by atoms with Gasteiger partial charge in [0, 0.05) is 45.2 Å². The Hall–Kier alpha value is -1.66. The average molecular weight is 311 g/mol. The number of hydrogen-bond donors (Lipinski definition) is 1. The number of likely N-dealkylation sites (N-methyl/N-ethyl adjacent to an activating group) is 1. The molecule has 0 bridgehead atoms. The third kappa shape index (κ3) is 4.99. The molecule has 21 heavy (non-hydrogen) atoms. The molecule has 7 heteroatoms. The molecular formula is C14H19ClN4O2. The van der Waals surface area contributed by atoms with Gasteiger partial charge in [-0.1, -0.05) is 11.6 Å². The Bertz CT molecular complexity index is 498. The molecule has 1 saturated heterocycles. The van der Waals surface area contributed by atoms with Gasteiger partial charge in [-0.3, -0.25) is 9.59 Å². The Kier molecular flexibility index (Phi) is 5.52. The predicted molar refractivity (Wildman–Crippen MR) is 81.2 cm³/mol. The number of piperazine rings is 1.